The molecule has 0 radical (unpaired) electrons. The highest BCUT2D eigenvalue weighted by Crippen LogP contribution is 2.24. The molecular weight excluding hydrogens is 306 g/mol. The minimum Gasteiger partial charge on any atom is -0.387 e. The molecule has 3 rings (SSSR count). The van der Waals surface area contributed by atoms with E-state index in [4.69, 9.17) is 4.52 Å². The molecule has 2 heterocycles. The first-order valence-electron chi connectivity index (χ1n) is 7.48. The smallest absolute Gasteiger partial charge is 0.263 e. The standard InChI is InChI=1S/C15H18F2N4O2/c16-10-3-1-4-11(17)13(10)14-20-12(21-23-14)7-19-9-15(22)5-2-6-18-8-15/h1,3-4,18-19,22H,2,5-9H2. The molecule has 1 unspecified atom stereocenters. The van der Waals surface area contributed by atoms with Crippen molar-refractivity contribution < 1.29 is 18.4 Å². The maximum Gasteiger partial charge on any atom is 0.263 e. The number of aliphatic hydroxyl groups is 1. The van der Waals surface area contributed by atoms with Gasteiger partial charge in [-0.2, -0.15) is 4.98 Å². The molecule has 1 aliphatic heterocycles. The summed E-state index contributed by atoms with van der Waals surface area (Å²) in [7, 11) is 0. The third-order valence-electron chi connectivity index (χ3n) is 3.83. The summed E-state index contributed by atoms with van der Waals surface area (Å²) in [5.41, 5.74) is -1.14. The van der Waals surface area contributed by atoms with Gasteiger partial charge in [0, 0.05) is 13.1 Å². The number of piperidine rings is 1. The van der Waals surface area contributed by atoms with Gasteiger partial charge in [-0.15, -0.1) is 0 Å². The summed E-state index contributed by atoms with van der Waals surface area (Å²) < 4.78 is 32.3. The van der Waals surface area contributed by atoms with Gasteiger partial charge in [-0.25, -0.2) is 8.78 Å². The average molecular weight is 324 g/mol. The lowest BCUT2D eigenvalue weighted by Gasteiger charge is -2.32. The minimum atomic E-state index is -0.803. The van der Waals surface area contributed by atoms with Crippen LogP contribution in [0.2, 0.25) is 0 Å². The second kappa shape index (κ2) is 6.69. The zero-order valence-corrected chi connectivity index (χ0v) is 12.5. The lowest BCUT2D eigenvalue weighted by atomic mass is 9.94. The molecule has 1 saturated heterocycles. The number of halogens is 2. The van der Waals surface area contributed by atoms with Crippen LogP contribution in [0, 0.1) is 11.6 Å². The average Bonchev–Trinajstić information content (AvgIpc) is 2.96. The molecule has 1 fully saturated rings. The van der Waals surface area contributed by atoms with Gasteiger partial charge in [0.05, 0.1) is 12.1 Å². The number of rotatable bonds is 5. The van der Waals surface area contributed by atoms with E-state index in [9.17, 15) is 13.9 Å². The van der Waals surface area contributed by atoms with Crippen molar-refractivity contribution in [3.63, 3.8) is 0 Å². The van der Waals surface area contributed by atoms with Gasteiger partial charge >= 0.3 is 0 Å². The summed E-state index contributed by atoms with van der Waals surface area (Å²) in [6, 6.07) is 3.53. The Bertz CT molecular complexity index is 651. The van der Waals surface area contributed by atoms with Crippen LogP contribution in [0.4, 0.5) is 8.78 Å². The Morgan fingerprint density at radius 2 is 2.13 bits per heavy atom. The molecule has 1 aromatic carbocycles. The predicted molar refractivity (Wildman–Crippen MR) is 78.4 cm³/mol. The van der Waals surface area contributed by atoms with Crippen LogP contribution in [0.3, 0.4) is 0 Å². The molecule has 0 amide bonds. The molecular formula is C15H18F2N4O2. The monoisotopic (exact) mass is 324 g/mol. The summed E-state index contributed by atoms with van der Waals surface area (Å²) in [6.45, 7) is 2.04. The highest BCUT2D eigenvalue weighted by atomic mass is 19.1. The molecule has 0 saturated carbocycles. The molecule has 8 heteroatoms. The van der Waals surface area contributed by atoms with E-state index in [2.05, 4.69) is 20.8 Å². The molecule has 124 valence electrons. The van der Waals surface area contributed by atoms with Crippen molar-refractivity contribution >= 4 is 0 Å². The quantitative estimate of drug-likeness (QED) is 0.767. The molecule has 6 nitrogen and oxygen atoms in total. The second-order valence-corrected chi connectivity index (χ2v) is 5.72. The largest absolute Gasteiger partial charge is 0.387 e. The first-order valence-corrected chi connectivity index (χ1v) is 7.48. The fourth-order valence-corrected chi connectivity index (χ4v) is 2.64. The molecule has 0 aliphatic carbocycles. The number of hydrogen-bond donors (Lipinski definition) is 3. The van der Waals surface area contributed by atoms with Crippen molar-refractivity contribution in [3.05, 3.63) is 35.7 Å². The Morgan fingerprint density at radius 1 is 1.35 bits per heavy atom. The lowest BCUT2D eigenvalue weighted by molar-refractivity contribution is 0.0167. The van der Waals surface area contributed by atoms with Crippen molar-refractivity contribution in [1.29, 1.82) is 0 Å². The Hall–Kier alpha value is -1.90. The van der Waals surface area contributed by atoms with Gasteiger partial charge in [0.15, 0.2) is 5.82 Å². The van der Waals surface area contributed by atoms with Crippen molar-refractivity contribution in [1.82, 2.24) is 20.8 Å². The molecule has 2 aromatic rings. The zero-order chi connectivity index (χ0) is 16.3. The van der Waals surface area contributed by atoms with Gasteiger partial charge < -0.3 is 20.3 Å². The van der Waals surface area contributed by atoms with Gasteiger partial charge in [0.1, 0.15) is 17.2 Å². The van der Waals surface area contributed by atoms with Crippen molar-refractivity contribution in [2.45, 2.75) is 25.0 Å². The van der Waals surface area contributed by atoms with Crippen LogP contribution >= 0.6 is 0 Å². The van der Waals surface area contributed by atoms with Crippen molar-refractivity contribution in [2.75, 3.05) is 19.6 Å². The number of nitrogens with zero attached hydrogens (tertiary/aromatic N) is 2. The maximum absolute atomic E-state index is 13.7. The van der Waals surface area contributed by atoms with Crippen LogP contribution in [-0.2, 0) is 6.54 Å². The van der Waals surface area contributed by atoms with E-state index in [0.717, 1.165) is 25.1 Å². The Morgan fingerprint density at radius 3 is 2.83 bits per heavy atom. The molecule has 1 aromatic heterocycles. The highest BCUT2D eigenvalue weighted by Gasteiger charge is 2.28. The summed E-state index contributed by atoms with van der Waals surface area (Å²) >= 11 is 0. The topological polar surface area (TPSA) is 83.2 Å². The summed E-state index contributed by atoms with van der Waals surface area (Å²) in [4.78, 5) is 3.99. The first kappa shape index (κ1) is 16.0. The third kappa shape index (κ3) is 3.72. The van der Waals surface area contributed by atoms with E-state index in [-0.39, 0.29) is 23.8 Å². The summed E-state index contributed by atoms with van der Waals surface area (Å²) in [6.07, 6.45) is 1.63. The fourth-order valence-electron chi connectivity index (χ4n) is 2.64. The Labute approximate surface area is 131 Å². The van der Waals surface area contributed by atoms with Crippen LogP contribution in [0.5, 0.6) is 0 Å². The molecule has 0 bridgehead atoms. The van der Waals surface area contributed by atoms with Crippen molar-refractivity contribution in [2.24, 2.45) is 0 Å². The molecule has 1 aliphatic rings. The van der Waals surface area contributed by atoms with Gasteiger partial charge in [0.25, 0.3) is 5.89 Å². The minimum absolute atomic E-state index is 0.199. The number of benzene rings is 1. The number of nitrogens with one attached hydrogen (secondary N) is 2. The molecule has 1 atom stereocenters. The van der Waals surface area contributed by atoms with E-state index in [0.29, 0.717) is 19.5 Å². The van der Waals surface area contributed by atoms with Gasteiger partial charge in [0.2, 0.25) is 0 Å². The summed E-state index contributed by atoms with van der Waals surface area (Å²) in [5.74, 6) is -1.43. The maximum atomic E-state index is 13.7. The zero-order valence-electron chi connectivity index (χ0n) is 12.5. The molecule has 3 N–H and O–H groups in total. The molecule has 23 heavy (non-hydrogen) atoms. The van der Waals surface area contributed by atoms with Crippen LogP contribution in [-0.4, -0.2) is 40.5 Å². The second-order valence-electron chi connectivity index (χ2n) is 5.72. The van der Waals surface area contributed by atoms with Crippen molar-refractivity contribution in [3.8, 4) is 11.5 Å². The summed E-state index contributed by atoms with van der Waals surface area (Å²) in [5, 5.41) is 20.2. The van der Waals surface area contributed by atoms with Crippen LogP contribution in [0.25, 0.3) is 11.5 Å². The van der Waals surface area contributed by atoms with Crippen LogP contribution in [0.1, 0.15) is 18.7 Å². The van der Waals surface area contributed by atoms with Gasteiger partial charge in [-0.05, 0) is 31.5 Å². The van der Waals surface area contributed by atoms with E-state index in [1.165, 1.54) is 6.07 Å². The normalized spacial score (nSPS) is 21.5. The van der Waals surface area contributed by atoms with E-state index < -0.39 is 17.2 Å². The SMILES string of the molecule is OC1(CNCc2noc(-c3c(F)cccc3F)n2)CCCNC1. The van der Waals surface area contributed by atoms with Gasteiger partial charge in [-0.1, -0.05) is 11.2 Å². The van der Waals surface area contributed by atoms with Crippen LogP contribution < -0.4 is 10.6 Å². The number of aromatic nitrogens is 2. The third-order valence-corrected chi connectivity index (χ3v) is 3.83. The van der Waals surface area contributed by atoms with E-state index >= 15 is 0 Å². The Balaban J connectivity index is 1.61. The predicted octanol–water partition coefficient (Wildman–Crippen LogP) is 1.22. The highest BCUT2D eigenvalue weighted by molar-refractivity contribution is 5.54. The molecule has 0 spiro atoms. The first-order chi connectivity index (χ1) is 11.1. The van der Waals surface area contributed by atoms with E-state index in [1.807, 2.05) is 0 Å². The lowest BCUT2D eigenvalue weighted by Crippen LogP contribution is -2.51. The van der Waals surface area contributed by atoms with Crippen LogP contribution in [0.15, 0.2) is 22.7 Å². The number of β-amino-alcohol motifs (C(OH)–C–C–N with tert-alkyl or cyclic N) is 1. The van der Waals surface area contributed by atoms with Gasteiger partial charge in [-0.3, -0.25) is 0 Å². The Kier molecular flexibility index (Phi) is 4.65. The number of hydrogen-bond acceptors (Lipinski definition) is 6. The van der Waals surface area contributed by atoms with E-state index in [1.54, 1.807) is 0 Å². The fraction of sp³-hybridized carbons (Fsp3) is 0.467.